The number of carbonyl (C=O) groups is 1. The van der Waals surface area contributed by atoms with Gasteiger partial charge in [-0.25, -0.2) is 5.43 Å². The second-order valence-electron chi connectivity index (χ2n) is 5.49. The average molecular weight is 283 g/mol. The third-order valence-corrected chi connectivity index (χ3v) is 3.77. The first-order valence-corrected chi connectivity index (χ1v) is 7.02. The average Bonchev–Trinajstić information content (AvgIpc) is 2.46. The number of amides is 1. The smallest absolute Gasteiger partial charge is 0.271 e. The summed E-state index contributed by atoms with van der Waals surface area (Å²) in [6, 6.07) is 6.77. The van der Waals surface area contributed by atoms with Gasteiger partial charge >= 0.3 is 0 Å². The number of nitrogens with two attached hydrogens (primary N) is 1. The quantitative estimate of drug-likeness (QED) is 0.508. The maximum Gasteiger partial charge on any atom is 0.271 e. The number of benzene rings is 1. The largest absolute Gasteiger partial charge is 0.399 e. The molecular weight excluding hydrogens is 262 g/mol. The first kappa shape index (κ1) is 15.0. The van der Waals surface area contributed by atoms with Crippen molar-refractivity contribution >= 4 is 17.3 Å². The minimum absolute atomic E-state index is 0.229. The number of nitrogens with one attached hydrogen (secondary N) is 1. The summed E-state index contributed by atoms with van der Waals surface area (Å²) < 4.78 is 0. The van der Waals surface area contributed by atoms with Crippen molar-refractivity contribution in [3.8, 4) is 0 Å². The Kier molecular flexibility index (Phi) is 4.58. The Morgan fingerprint density at radius 2 is 2.05 bits per heavy atom. The normalized spacial score (nSPS) is 20.0. The molecular formula is C17H21N3O. The zero-order valence-corrected chi connectivity index (χ0v) is 12.5. The zero-order chi connectivity index (χ0) is 15.4. The molecule has 0 radical (unpaired) electrons. The molecule has 1 aliphatic carbocycles. The molecule has 4 heteroatoms. The number of allylic oxidation sites excluding steroid dienone is 3. The Bertz CT molecular complexity index is 611. The molecule has 0 unspecified atom stereocenters. The van der Waals surface area contributed by atoms with E-state index >= 15 is 0 Å². The van der Waals surface area contributed by atoms with E-state index < -0.39 is 0 Å². The van der Waals surface area contributed by atoms with Crippen LogP contribution in [-0.4, -0.2) is 11.6 Å². The minimum atomic E-state index is -0.229. The lowest BCUT2D eigenvalue weighted by Crippen LogP contribution is -2.23. The molecule has 0 fully saturated rings. The summed E-state index contributed by atoms with van der Waals surface area (Å²) >= 11 is 0. The van der Waals surface area contributed by atoms with Gasteiger partial charge < -0.3 is 5.73 Å². The summed E-state index contributed by atoms with van der Waals surface area (Å²) in [5, 5.41) is 4.27. The van der Waals surface area contributed by atoms with Gasteiger partial charge in [-0.3, -0.25) is 4.79 Å². The second kappa shape index (κ2) is 6.39. The highest BCUT2D eigenvalue weighted by atomic mass is 16.2. The lowest BCUT2D eigenvalue weighted by molar-refractivity contribution is 0.0954. The summed E-state index contributed by atoms with van der Waals surface area (Å²) in [7, 11) is 0. The summed E-state index contributed by atoms with van der Waals surface area (Å²) in [5.74, 6) is 0.175. The Balaban J connectivity index is 2.07. The van der Waals surface area contributed by atoms with Gasteiger partial charge in [0.25, 0.3) is 5.91 Å². The van der Waals surface area contributed by atoms with Crippen molar-refractivity contribution in [2.24, 2.45) is 11.0 Å². The number of hydrogen-bond acceptors (Lipinski definition) is 3. The Morgan fingerprint density at radius 3 is 2.67 bits per heavy atom. The van der Waals surface area contributed by atoms with Gasteiger partial charge in [-0.15, -0.1) is 0 Å². The van der Waals surface area contributed by atoms with Crippen LogP contribution in [0.15, 0.2) is 53.2 Å². The van der Waals surface area contributed by atoms with Crippen molar-refractivity contribution in [1.29, 1.82) is 0 Å². The van der Waals surface area contributed by atoms with E-state index in [0.29, 0.717) is 17.2 Å². The summed E-state index contributed by atoms with van der Waals surface area (Å²) in [6.07, 6.45) is 3.96. The molecule has 0 heterocycles. The van der Waals surface area contributed by atoms with Crippen LogP contribution < -0.4 is 11.2 Å². The highest BCUT2D eigenvalue weighted by molar-refractivity contribution is 6.02. The third-order valence-electron chi connectivity index (χ3n) is 3.77. The van der Waals surface area contributed by atoms with Crippen LogP contribution in [0.25, 0.3) is 0 Å². The van der Waals surface area contributed by atoms with Crippen molar-refractivity contribution in [2.75, 3.05) is 5.73 Å². The molecule has 1 aromatic carbocycles. The van der Waals surface area contributed by atoms with Gasteiger partial charge in [0.15, 0.2) is 0 Å². The molecule has 4 nitrogen and oxygen atoms in total. The van der Waals surface area contributed by atoms with Crippen LogP contribution in [0.5, 0.6) is 0 Å². The number of nitrogens with zero attached hydrogens (tertiary/aromatic N) is 1. The van der Waals surface area contributed by atoms with E-state index in [4.69, 9.17) is 5.73 Å². The highest BCUT2D eigenvalue weighted by Gasteiger charge is 2.18. The molecule has 1 aliphatic rings. The molecule has 0 spiro atoms. The maximum absolute atomic E-state index is 12.0. The summed E-state index contributed by atoms with van der Waals surface area (Å²) in [4.78, 5) is 12.0. The van der Waals surface area contributed by atoms with E-state index in [2.05, 4.69) is 23.2 Å². The van der Waals surface area contributed by atoms with Crippen LogP contribution in [0.3, 0.4) is 0 Å². The third kappa shape index (κ3) is 3.81. The molecule has 1 aromatic rings. The van der Waals surface area contributed by atoms with Gasteiger partial charge in [-0.2, -0.15) is 5.10 Å². The van der Waals surface area contributed by atoms with E-state index in [1.807, 2.05) is 13.8 Å². The monoisotopic (exact) mass is 283 g/mol. The fourth-order valence-electron chi connectivity index (χ4n) is 2.24. The van der Waals surface area contributed by atoms with Gasteiger partial charge in [0, 0.05) is 11.3 Å². The molecule has 0 aromatic heterocycles. The molecule has 3 N–H and O–H groups in total. The van der Waals surface area contributed by atoms with Crippen molar-refractivity contribution in [1.82, 2.24) is 5.43 Å². The molecule has 0 saturated carbocycles. The molecule has 0 bridgehead atoms. The molecule has 0 aliphatic heterocycles. The van der Waals surface area contributed by atoms with Crippen LogP contribution in [0.1, 0.15) is 37.0 Å². The van der Waals surface area contributed by atoms with Crippen LogP contribution >= 0.6 is 0 Å². The SMILES string of the molecule is C=C(C)[C@@H]1CC=C(C)C(=NNC(=O)c2ccc(N)cc2)C1. The maximum atomic E-state index is 12.0. The number of rotatable bonds is 3. The molecule has 1 atom stereocenters. The number of hydrazone groups is 1. The summed E-state index contributed by atoms with van der Waals surface area (Å²) in [5.41, 5.74) is 12.6. The van der Waals surface area contributed by atoms with E-state index in [0.717, 1.165) is 29.7 Å². The van der Waals surface area contributed by atoms with Gasteiger partial charge in [0.1, 0.15) is 0 Å². The van der Waals surface area contributed by atoms with Crippen molar-refractivity contribution in [3.05, 3.63) is 53.6 Å². The standard InChI is InChI=1S/C17H21N3O/c1-11(2)14-5-4-12(3)16(10-14)19-20-17(21)13-6-8-15(18)9-7-13/h4,6-9,14H,1,5,10,18H2,2-3H3,(H,20,21)/t14-/m1/s1. The molecule has 1 amide bonds. The van der Waals surface area contributed by atoms with E-state index in [-0.39, 0.29) is 5.91 Å². The number of carbonyl (C=O) groups excluding carboxylic acids is 1. The molecule has 21 heavy (non-hydrogen) atoms. The number of hydrogen-bond donors (Lipinski definition) is 2. The Labute approximate surface area is 125 Å². The van der Waals surface area contributed by atoms with Crippen molar-refractivity contribution in [2.45, 2.75) is 26.7 Å². The first-order chi connectivity index (χ1) is 9.97. The molecule has 0 saturated heterocycles. The highest BCUT2D eigenvalue weighted by Crippen LogP contribution is 2.26. The Morgan fingerprint density at radius 1 is 1.38 bits per heavy atom. The van der Waals surface area contributed by atoms with Crippen LogP contribution in [0.4, 0.5) is 5.69 Å². The van der Waals surface area contributed by atoms with Gasteiger partial charge in [0.2, 0.25) is 0 Å². The summed E-state index contributed by atoms with van der Waals surface area (Å²) in [6.45, 7) is 8.05. The van der Waals surface area contributed by atoms with E-state index in [1.165, 1.54) is 0 Å². The van der Waals surface area contributed by atoms with Crippen LogP contribution in [0.2, 0.25) is 0 Å². The fourth-order valence-corrected chi connectivity index (χ4v) is 2.24. The molecule has 2 rings (SSSR count). The zero-order valence-electron chi connectivity index (χ0n) is 12.5. The Hall–Kier alpha value is -2.36. The van der Waals surface area contributed by atoms with Gasteiger partial charge in [0.05, 0.1) is 5.71 Å². The second-order valence-corrected chi connectivity index (χ2v) is 5.49. The fraction of sp³-hybridized carbons (Fsp3) is 0.294. The lowest BCUT2D eigenvalue weighted by Gasteiger charge is -2.22. The van der Waals surface area contributed by atoms with E-state index in [9.17, 15) is 4.79 Å². The topological polar surface area (TPSA) is 67.5 Å². The first-order valence-electron chi connectivity index (χ1n) is 7.02. The van der Waals surface area contributed by atoms with Gasteiger partial charge in [-0.1, -0.05) is 18.2 Å². The van der Waals surface area contributed by atoms with Crippen molar-refractivity contribution in [3.63, 3.8) is 0 Å². The predicted molar refractivity (Wildman–Crippen MR) is 87.1 cm³/mol. The predicted octanol–water partition coefficient (Wildman–Crippen LogP) is 3.29. The molecule has 110 valence electrons. The van der Waals surface area contributed by atoms with Crippen LogP contribution in [0, 0.1) is 5.92 Å². The lowest BCUT2D eigenvalue weighted by atomic mass is 9.85. The van der Waals surface area contributed by atoms with Gasteiger partial charge in [-0.05, 0) is 62.4 Å². The van der Waals surface area contributed by atoms with E-state index in [1.54, 1.807) is 24.3 Å². The number of nitrogen functional groups attached to an aromatic ring is 1. The van der Waals surface area contributed by atoms with Crippen molar-refractivity contribution < 1.29 is 4.79 Å². The number of anilines is 1. The van der Waals surface area contributed by atoms with Crippen LogP contribution in [-0.2, 0) is 0 Å². The minimum Gasteiger partial charge on any atom is -0.399 e.